The number of halogens is 1. The summed E-state index contributed by atoms with van der Waals surface area (Å²) >= 11 is 6.69. The Labute approximate surface area is 194 Å². The molecule has 0 unspecified atom stereocenters. The van der Waals surface area contributed by atoms with Crippen LogP contribution in [0.5, 0.6) is 11.5 Å². The van der Waals surface area contributed by atoms with Crippen LogP contribution in [0.15, 0.2) is 54.0 Å². The lowest BCUT2D eigenvalue weighted by molar-refractivity contribution is -0.127. The maximum Gasteiger partial charge on any atom is 0.294 e. The molecule has 1 saturated heterocycles. The molecule has 2 N–H and O–H groups in total. The molecule has 0 radical (unpaired) electrons. The highest BCUT2D eigenvalue weighted by Crippen LogP contribution is 2.37. The van der Waals surface area contributed by atoms with Crippen LogP contribution in [0.1, 0.15) is 16.7 Å². The summed E-state index contributed by atoms with van der Waals surface area (Å²) in [7, 11) is 1.52. The smallest absolute Gasteiger partial charge is 0.294 e. The predicted molar refractivity (Wildman–Crippen MR) is 125 cm³/mol. The summed E-state index contributed by atoms with van der Waals surface area (Å²) in [6.07, 6.45) is 3.80. The van der Waals surface area contributed by atoms with Gasteiger partial charge in [0.25, 0.3) is 11.1 Å². The van der Waals surface area contributed by atoms with Crippen LogP contribution in [0, 0.1) is 0 Å². The van der Waals surface area contributed by atoms with Crippen molar-refractivity contribution >= 4 is 46.5 Å². The minimum Gasteiger partial charge on any atom is -0.493 e. The van der Waals surface area contributed by atoms with Crippen molar-refractivity contribution in [1.29, 1.82) is 0 Å². The molecule has 9 heteroatoms. The third-order valence-electron chi connectivity index (χ3n) is 4.52. The standard InChI is InChI=1S/C23H21ClN2O5S/c1-3-4-16-9-15(11-19-22(28)26(12-20(25)27)23(29)32-19)10-18(30-2)21(16)31-13-14-5-7-17(24)8-6-14/h3,5-11H,1,4,12-13H2,2H3,(H2,25,27)/b19-11-. The molecule has 2 aromatic rings. The number of nitrogens with zero attached hydrogens (tertiary/aromatic N) is 1. The van der Waals surface area contributed by atoms with Gasteiger partial charge in [-0.15, -0.1) is 6.58 Å². The van der Waals surface area contributed by atoms with Gasteiger partial charge < -0.3 is 15.2 Å². The van der Waals surface area contributed by atoms with Crippen LogP contribution in [0.25, 0.3) is 6.08 Å². The maximum atomic E-state index is 12.5. The SMILES string of the molecule is C=CCc1cc(/C=C2\SC(=O)N(CC(N)=O)C2=O)cc(OC)c1OCc1ccc(Cl)cc1. The van der Waals surface area contributed by atoms with Crippen LogP contribution in [0.4, 0.5) is 4.79 Å². The van der Waals surface area contributed by atoms with E-state index in [1.54, 1.807) is 30.4 Å². The topological polar surface area (TPSA) is 98.9 Å². The van der Waals surface area contributed by atoms with Crippen molar-refractivity contribution in [2.45, 2.75) is 13.0 Å². The van der Waals surface area contributed by atoms with Crippen molar-refractivity contribution in [2.24, 2.45) is 5.73 Å². The fourth-order valence-electron chi connectivity index (χ4n) is 3.07. The number of primary amides is 1. The zero-order valence-electron chi connectivity index (χ0n) is 17.3. The van der Waals surface area contributed by atoms with Gasteiger partial charge in [-0.05, 0) is 59.7 Å². The van der Waals surface area contributed by atoms with E-state index in [4.69, 9.17) is 26.8 Å². The van der Waals surface area contributed by atoms with Gasteiger partial charge in [0.05, 0.1) is 12.0 Å². The van der Waals surface area contributed by atoms with Gasteiger partial charge in [0.15, 0.2) is 11.5 Å². The molecule has 0 saturated carbocycles. The zero-order valence-corrected chi connectivity index (χ0v) is 18.9. The van der Waals surface area contributed by atoms with Crippen molar-refractivity contribution in [3.8, 4) is 11.5 Å². The van der Waals surface area contributed by atoms with Gasteiger partial charge in [0.1, 0.15) is 13.2 Å². The fraction of sp³-hybridized carbons (Fsp3) is 0.174. The number of benzene rings is 2. The highest BCUT2D eigenvalue weighted by atomic mass is 35.5. The molecular weight excluding hydrogens is 452 g/mol. The van der Waals surface area contributed by atoms with Crippen LogP contribution in [0.3, 0.4) is 0 Å². The molecule has 1 heterocycles. The molecule has 166 valence electrons. The number of nitrogens with two attached hydrogens (primary N) is 1. The Morgan fingerprint density at radius 3 is 2.59 bits per heavy atom. The van der Waals surface area contributed by atoms with Crippen LogP contribution >= 0.6 is 23.4 Å². The lowest BCUT2D eigenvalue weighted by Crippen LogP contribution is -2.36. The van der Waals surface area contributed by atoms with Gasteiger partial charge in [-0.1, -0.05) is 29.8 Å². The van der Waals surface area contributed by atoms with Gasteiger partial charge in [-0.2, -0.15) is 0 Å². The van der Waals surface area contributed by atoms with E-state index in [2.05, 4.69) is 6.58 Å². The average Bonchev–Trinajstić information content (AvgIpc) is 3.01. The molecule has 0 aliphatic carbocycles. The quantitative estimate of drug-likeness (QED) is 0.434. The molecule has 3 amide bonds. The highest BCUT2D eigenvalue weighted by Gasteiger charge is 2.35. The Hall–Kier alpha value is -3.23. The van der Waals surface area contributed by atoms with Gasteiger partial charge in [0.2, 0.25) is 5.91 Å². The zero-order chi connectivity index (χ0) is 23.3. The van der Waals surface area contributed by atoms with Crippen molar-refractivity contribution in [3.05, 3.63) is 75.7 Å². The molecular formula is C23H21ClN2O5S. The molecule has 3 rings (SSSR count). The molecule has 0 aromatic heterocycles. The summed E-state index contributed by atoms with van der Waals surface area (Å²) in [6, 6.07) is 10.9. The highest BCUT2D eigenvalue weighted by molar-refractivity contribution is 8.18. The summed E-state index contributed by atoms with van der Waals surface area (Å²) in [4.78, 5) is 36.7. The van der Waals surface area contributed by atoms with Gasteiger partial charge in [-0.3, -0.25) is 19.3 Å². The van der Waals surface area contributed by atoms with E-state index in [-0.39, 0.29) is 4.91 Å². The van der Waals surface area contributed by atoms with Gasteiger partial charge in [0, 0.05) is 10.6 Å². The number of allylic oxidation sites excluding steroid dienone is 1. The molecule has 0 bridgehead atoms. The van der Waals surface area contributed by atoms with Gasteiger partial charge >= 0.3 is 0 Å². The van der Waals surface area contributed by atoms with Crippen molar-refractivity contribution in [2.75, 3.05) is 13.7 Å². The summed E-state index contributed by atoms with van der Waals surface area (Å²) in [5, 5.41) is 0.101. The molecule has 2 aromatic carbocycles. The van der Waals surface area contributed by atoms with Gasteiger partial charge in [-0.25, -0.2) is 0 Å². The monoisotopic (exact) mass is 472 g/mol. The average molecular weight is 473 g/mol. The normalized spacial score (nSPS) is 14.7. The number of amides is 3. The molecule has 1 aliphatic heterocycles. The molecule has 0 atom stereocenters. The van der Waals surface area contributed by atoms with Crippen LogP contribution in [-0.2, 0) is 22.6 Å². The summed E-state index contributed by atoms with van der Waals surface area (Å²) in [6.45, 7) is 3.65. The molecule has 7 nitrogen and oxygen atoms in total. The number of carbonyl (C=O) groups is 3. The van der Waals surface area contributed by atoms with E-state index in [9.17, 15) is 14.4 Å². The number of methoxy groups -OCH3 is 1. The Morgan fingerprint density at radius 1 is 1.25 bits per heavy atom. The van der Waals surface area contributed by atoms with Crippen LogP contribution < -0.4 is 15.2 Å². The summed E-state index contributed by atoms with van der Waals surface area (Å²) in [5.41, 5.74) is 7.50. The second kappa shape index (κ2) is 10.4. The number of ether oxygens (including phenoxy) is 2. The summed E-state index contributed by atoms with van der Waals surface area (Å²) in [5.74, 6) is -0.293. The van der Waals surface area contributed by atoms with E-state index < -0.39 is 23.6 Å². The number of imide groups is 1. The second-order valence-corrected chi connectivity index (χ2v) is 8.28. The first kappa shape index (κ1) is 23.4. The van der Waals surface area contributed by atoms with E-state index in [1.807, 2.05) is 18.2 Å². The number of hydrogen-bond acceptors (Lipinski definition) is 6. The molecule has 0 spiro atoms. The maximum absolute atomic E-state index is 12.5. The number of thioether (sulfide) groups is 1. The second-order valence-electron chi connectivity index (χ2n) is 6.85. The fourth-order valence-corrected chi connectivity index (χ4v) is 4.03. The van der Waals surface area contributed by atoms with Crippen LogP contribution in [0.2, 0.25) is 5.02 Å². The summed E-state index contributed by atoms with van der Waals surface area (Å²) < 4.78 is 11.6. The van der Waals surface area contributed by atoms with E-state index in [0.29, 0.717) is 35.1 Å². The Morgan fingerprint density at radius 2 is 1.97 bits per heavy atom. The molecule has 1 aliphatic rings. The molecule has 1 fully saturated rings. The number of hydrogen-bond donors (Lipinski definition) is 1. The van der Waals surface area contributed by atoms with Crippen molar-refractivity contribution in [1.82, 2.24) is 4.90 Å². The Bertz CT molecular complexity index is 1100. The first-order valence-corrected chi connectivity index (χ1v) is 10.7. The van der Waals surface area contributed by atoms with E-state index in [1.165, 1.54) is 7.11 Å². The third kappa shape index (κ3) is 5.52. The van der Waals surface area contributed by atoms with Crippen molar-refractivity contribution < 1.29 is 23.9 Å². The Kier molecular flexibility index (Phi) is 7.61. The Balaban J connectivity index is 1.90. The minimum absolute atomic E-state index is 0.192. The van der Waals surface area contributed by atoms with Crippen molar-refractivity contribution in [3.63, 3.8) is 0 Å². The predicted octanol–water partition coefficient (Wildman–Crippen LogP) is 4.18. The van der Waals surface area contributed by atoms with E-state index >= 15 is 0 Å². The molecule has 32 heavy (non-hydrogen) atoms. The lowest BCUT2D eigenvalue weighted by Gasteiger charge is -2.16. The number of rotatable bonds is 9. The lowest BCUT2D eigenvalue weighted by atomic mass is 10.0. The van der Waals surface area contributed by atoms with E-state index in [0.717, 1.165) is 27.8 Å². The number of carbonyl (C=O) groups excluding carboxylic acids is 3. The van der Waals surface area contributed by atoms with Crippen LogP contribution in [-0.4, -0.2) is 35.6 Å². The minimum atomic E-state index is -0.759. The third-order valence-corrected chi connectivity index (χ3v) is 5.68. The largest absolute Gasteiger partial charge is 0.493 e. The first-order valence-electron chi connectivity index (χ1n) is 9.55. The first-order chi connectivity index (χ1) is 15.3.